The van der Waals surface area contributed by atoms with Gasteiger partial charge in [0.15, 0.2) is 0 Å². The number of aryl methyl sites for hydroxylation is 1. The van der Waals surface area contributed by atoms with E-state index < -0.39 is 0 Å². The molecule has 0 bridgehead atoms. The highest BCUT2D eigenvalue weighted by molar-refractivity contribution is 5.56. The molecule has 0 unspecified atom stereocenters. The maximum Gasteiger partial charge on any atom is 0.118 e. The maximum absolute atomic E-state index is 5.12. The van der Waals surface area contributed by atoms with Gasteiger partial charge in [-0.3, -0.25) is 0 Å². The lowest BCUT2D eigenvalue weighted by atomic mass is 10.1. The monoisotopic (exact) mass is 288 g/mol. The summed E-state index contributed by atoms with van der Waals surface area (Å²) in [5, 5.41) is 0. The van der Waals surface area contributed by atoms with Crippen LogP contribution in [-0.4, -0.2) is 7.11 Å². The standard InChI is InChI=1S/C21H20O/c1-3-18-10-12-19(13-11-18)8-6-4-5-7-9-20-14-16-21(22-2)17-15-20/h6-17H,3H2,1-2H3/b8-6+,9-7+. The van der Waals surface area contributed by atoms with Gasteiger partial charge in [-0.2, -0.15) is 0 Å². The molecule has 22 heavy (non-hydrogen) atoms. The van der Waals surface area contributed by atoms with Crippen molar-refractivity contribution in [2.24, 2.45) is 0 Å². The Morgan fingerprint density at radius 1 is 0.818 bits per heavy atom. The average molecular weight is 288 g/mol. The van der Waals surface area contributed by atoms with Crippen molar-refractivity contribution in [3.8, 4) is 17.6 Å². The number of rotatable bonds is 4. The van der Waals surface area contributed by atoms with Crippen LogP contribution in [-0.2, 0) is 6.42 Å². The number of hydrogen-bond donors (Lipinski definition) is 0. The summed E-state index contributed by atoms with van der Waals surface area (Å²) in [6, 6.07) is 16.4. The van der Waals surface area contributed by atoms with Crippen LogP contribution in [0.3, 0.4) is 0 Å². The van der Waals surface area contributed by atoms with Crippen LogP contribution in [0.15, 0.2) is 60.7 Å². The molecule has 0 amide bonds. The Labute approximate surface area is 133 Å². The van der Waals surface area contributed by atoms with Gasteiger partial charge in [0.1, 0.15) is 5.75 Å². The Bertz CT molecular complexity index is 631. The van der Waals surface area contributed by atoms with Crippen LogP contribution >= 0.6 is 0 Å². The first-order valence-corrected chi connectivity index (χ1v) is 7.39. The molecule has 0 aliphatic carbocycles. The van der Waals surface area contributed by atoms with Crippen molar-refractivity contribution < 1.29 is 4.74 Å². The molecule has 2 aromatic carbocycles. The van der Waals surface area contributed by atoms with E-state index in [1.54, 1.807) is 7.11 Å². The summed E-state index contributed by atoms with van der Waals surface area (Å²) in [4.78, 5) is 0. The zero-order valence-electron chi connectivity index (χ0n) is 13.0. The highest BCUT2D eigenvalue weighted by Gasteiger charge is 1.89. The molecule has 0 aromatic heterocycles. The van der Waals surface area contributed by atoms with E-state index in [0.717, 1.165) is 17.7 Å². The van der Waals surface area contributed by atoms with Crippen molar-refractivity contribution in [1.29, 1.82) is 0 Å². The summed E-state index contributed by atoms with van der Waals surface area (Å²) in [7, 11) is 1.67. The fraction of sp³-hybridized carbons (Fsp3) is 0.143. The van der Waals surface area contributed by atoms with Crippen molar-refractivity contribution in [1.82, 2.24) is 0 Å². The number of methoxy groups -OCH3 is 1. The predicted molar refractivity (Wildman–Crippen MR) is 94.7 cm³/mol. The minimum atomic E-state index is 0.861. The minimum absolute atomic E-state index is 0.861. The Hall–Kier alpha value is -2.72. The Morgan fingerprint density at radius 2 is 1.32 bits per heavy atom. The topological polar surface area (TPSA) is 9.23 Å². The molecule has 0 aliphatic heterocycles. The molecule has 110 valence electrons. The lowest BCUT2D eigenvalue weighted by Gasteiger charge is -1.98. The second-order valence-electron chi connectivity index (χ2n) is 4.82. The lowest BCUT2D eigenvalue weighted by molar-refractivity contribution is 0.415. The van der Waals surface area contributed by atoms with Crippen molar-refractivity contribution in [2.75, 3.05) is 7.11 Å². The maximum atomic E-state index is 5.12. The van der Waals surface area contributed by atoms with Gasteiger partial charge in [0.05, 0.1) is 7.11 Å². The number of benzene rings is 2. The van der Waals surface area contributed by atoms with E-state index in [-0.39, 0.29) is 0 Å². The van der Waals surface area contributed by atoms with Gasteiger partial charge in [-0.25, -0.2) is 0 Å². The third-order valence-electron chi connectivity index (χ3n) is 3.31. The van der Waals surface area contributed by atoms with Crippen molar-refractivity contribution >= 4 is 12.2 Å². The second kappa shape index (κ2) is 8.54. The molecule has 0 atom stereocenters. The number of ether oxygens (including phenoxy) is 1. The number of hydrogen-bond acceptors (Lipinski definition) is 1. The highest BCUT2D eigenvalue weighted by Crippen LogP contribution is 2.12. The summed E-state index contributed by atoms with van der Waals surface area (Å²) in [5.41, 5.74) is 3.63. The molecular weight excluding hydrogens is 268 g/mol. The molecular formula is C21H20O. The third kappa shape index (κ3) is 5.00. The molecule has 0 saturated heterocycles. The SMILES string of the molecule is CCc1ccc(/C=C/C#C/C=C/c2ccc(OC)cc2)cc1. The zero-order valence-corrected chi connectivity index (χ0v) is 13.0. The molecule has 1 nitrogen and oxygen atoms in total. The minimum Gasteiger partial charge on any atom is -0.497 e. The molecule has 0 heterocycles. The summed E-state index contributed by atoms with van der Waals surface area (Å²) >= 11 is 0. The summed E-state index contributed by atoms with van der Waals surface area (Å²) in [6.45, 7) is 2.16. The lowest BCUT2D eigenvalue weighted by Crippen LogP contribution is -1.81. The smallest absolute Gasteiger partial charge is 0.118 e. The van der Waals surface area contributed by atoms with E-state index in [9.17, 15) is 0 Å². The van der Waals surface area contributed by atoms with Crippen LogP contribution in [0.25, 0.3) is 12.2 Å². The van der Waals surface area contributed by atoms with E-state index in [4.69, 9.17) is 4.74 Å². The van der Waals surface area contributed by atoms with E-state index in [1.807, 2.05) is 48.6 Å². The van der Waals surface area contributed by atoms with E-state index >= 15 is 0 Å². The van der Waals surface area contributed by atoms with Crippen molar-refractivity contribution in [3.63, 3.8) is 0 Å². The van der Waals surface area contributed by atoms with E-state index in [0.29, 0.717) is 0 Å². The van der Waals surface area contributed by atoms with Crippen LogP contribution in [0.2, 0.25) is 0 Å². The fourth-order valence-electron chi connectivity index (χ4n) is 1.95. The average Bonchev–Trinajstić information content (AvgIpc) is 2.59. The molecule has 0 aliphatic rings. The van der Waals surface area contributed by atoms with Gasteiger partial charge in [-0.15, -0.1) is 0 Å². The Kier molecular flexibility index (Phi) is 6.08. The quantitative estimate of drug-likeness (QED) is 0.720. The van der Waals surface area contributed by atoms with Crippen molar-refractivity contribution in [2.45, 2.75) is 13.3 Å². The molecule has 2 aromatic rings. The molecule has 0 fully saturated rings. The van der Waals surface area contributed by atoms with Crippen LogP contribution in [0.4, 0.5) is 0 Å². The summed E-state index contributed by atoms with van der Waals surface area (Å²) in [6.07, 6.45) is 8.80. The highest BCUT2D eigenvalue weighted by atomic mass is 16.5. The first-order valence-electron chi connectivity index (χ1n) is 7.39. The van der Waals surface area contributed by atoms with Crippen molar-refractivity contribution in [3.05, 3.63) is 77.4 Å². The summed E-state index contributed by atoms with van der Waals surface area (Å²) < 4.78 is 5.12. The van der Waals surface area contributed by atoms with Gasteiger partial charge in [0.2, 0.25) is 0 Å². The molecule has 0 radical (unpaired) electrons. The van der Waals surface area contributed by atoms with Gasteiger partial charge in [-0.1, -0.05) is 55.2 Å². The van der Waals surface area contributed by atoms with Crippen LogP contribution in [0.1, 0.15) is 23.6 Å². The van der Waals surface area contributed by atoms with Gasteiger partial charge in [0.25, 0.3) is 0 Å². The van der Waals surface area contributed by atoms with E-state index in [1.165, 1.54) is 11.1 Å². The molecule has 0 spiro atoms. The van der Waals surface area contributed by atoms with Crippen LogP contribution < -0.4 is 4.74 Å². The van der Waals surface area contributed by atoms with Crippen LogP contribution in [0.5, 0.6) is 5.75 Å². The number of allylic oxidation sites excluding steroid dienone is 2. The zero-order chi connectivity index (χ0) is 15.6. The second-order valence-corrected chi connectivity index (χ2v) is 4.82. The fourth-order valence-corrected chi connectivity index (χ4v) is 1.95. The Balaban J connectivity index is 1.89. The molecule has 0 saturated carbocycles. The predicted octanol–water partition coefficient (Wildman–Crippen LogP) is 4.99. The van der Waals surface area contributed by atoms with Gasteiger partial charge < -0.3 is 4.74 Å². The molecule has 0 N–H and O–H groups in total. The third-order valence-corrected chi connectivity index (χ3v) is 3.31. The van der Waals surface area contributed by atoms with Gasteiger partial charge in [0, 0.05) is 0 Å². The summed E-state index contributed by atoms with van der Waals surface area (Å²) in [5.74, 6) is 6.88. The normalized spacial score (nSPS) is 10.6. The Morgan fingerprint density at radius 3 is 1.77 bits per heavy atom. The van der Waals surface area contributed by atoms with E-state index in [2.05, 4.69) is 43.0 Å². The van der Waals surface area contributed by atoms with Crippen LogP contribution in [0, 0.1) is 11.8 Å². The molecule has 2 rings (SSSR count). The first-order chi connectivity index (χ1) is 10.8. The largest absolute Gasteiger partial charge is 0.497 e. The molecule has 1 heteroatoms. The van der Waals surface area contributed by atoms with Gasteiger partial charge in [-0.05, 0) is 59.5 Å². The first kappa shape index (κ1) is 15.7. The van der Waals surface area contributed by atoms with Gasteiger partial charge >= 0.3 is 0 Å².